The van der Waals surface area contributed by atoms with Gasteiger partial charge >= 0.3 is 5.97 Å². The minimum absolute atomic E-state index is 0.216. The molecular formula is C22H26N2O4. The van der Waals surface area contributed by atoms with Crippen molar-refractivity contribution in [2.45, 2.75) is 20.4 Å². The van der Waals surface area contributed by atoms with Crippen molar-refractivity contribution in [3.63, 3.8) is 0 Å². The van der Waals surface area contributed by atoms with E-state index in [0.29, 0.717) is 28.8 Å². The van der Waals surface area contributed by atoms with Crippen molar-refractivity contribution in [1.82, 2.24) is 9.80 Å². The summed E-state index contributed by atoms with van der Waals surface area (Å²) in [6, 6.07) is 7.60. The van der Waals surface area contributed by atoms with Crippen LogP contribution in [0.25, 0.3) is 21.7 Å². The van der Waals surface area contributed by atoms with E-state index < -0.39 is 5.97 Å². The van der Waals surface area contributed by atoms with E-state index in [1.54, 1.807) is 13.8 Å². The molecule has 1 aromatic heterocycles. The number of carbonyl (C=O) groups excluding carboxylic acids is 1. The van der Waals surface area contributed by atoms with E-state index in [-0.39, 0.29) is 12.4 Å². The van der Waals surface area contributed by atoms with Crippen LogP contribution in [0.15, 0.2) is 28.7 Å². The average Bonchev–Trinajstić information content (AvgIpc) is 3.04. The number of hydrogen-bond donors (Lipinski definition) is 1. The van der Waals surface area contributed by atoms with Crippen LogP contribution in [0.2, 0.25) is 0 Å². The third kappa shape index (κ3) is 3.12. The third-order valence-electron chi connectivity index (χ3n) is 5.56. The highest BCUT2D eigenvalue weighted by Gasteiger charge is 2.28. The zero-order chi connectivity index (χ0) is 19.8. The Labute approximate surface area is 164 Å². The number of piperazine rings is 1. The van der Waals surface area contributed by atoms with Gasteiger partial charge in [-0.3, -0.25) is 4.90 Å². The SMILES string of the molecule is CCOC(=O)c1c(C)oc2c1c(CN1CCN(C)CC1)c(O)c1ccccc12. The summed E-state index contributed by atoms with van der Waals surface area (Å²) in [5.41, 5.74) is 1.79. The van der Waals surface area contributed by atoms with Crippen LogP contribution in [0.4, 0.5) is 0 Å². The molecule has 148 valence electrons. The molecule has 0 spiro atoms. The Balaban J connectivity index is 1.94. The first-order chi connectivity index (χ1) is 13.5. The molecule has 1 saturated heterocycles. The van der Waals surface area contributed by atoms with Crippen molar-refractivity contribution in [2.24, 2.45) is 0 Å². The number of rotatable bonds is 4. The second kappa shape index (κ2) is 7.45. The van der Waals surface area contributed by atoms with Crippen LogP contribution in [-0.4, -0.2) is 60.7 Å². The molecule has 0 aliphatic carbocycles. The van der Waals surface area contributed by atoms with E-state index in [0.717, 1.165) is 42.5 Å². The Morgan fingerprint density at radius 1 is 1.18 bits per heavy atom. The fraction of sp³-hybridized carbons (Fsp3) is 0.409. The number of likely N-dealkylation sites (N-methyl/N-ethyl adjacent to an activating group) is 1. The van der Waals surface area contributed by atoms with E-state index in [9.17, 15) is 9.90 Å². The highest BCUT2D eigenvalue weighted by Crippen LogP contribution is 2.42. The Morgan fingerprint density at radius 3 is 2.54 bits per heavy atom. The summed E-state index contributed by atoms with van der Waals surface area (Å²) < 4.78 is 11.3. The van der Waals surface area contributed by atoms with Gasteiger partial charge in [-0.25, -0.2) is 4.79 Å². The van der Waals surface area contributed by atoms with Gasteiger partial charge in [0.15, 0.2) is 0 Å². The molecule has 1 fully saturated rings. The first-order valence-corrected chi connectivity index (χ1v) is 9.75. The Kier molecular flexibility index (Phi) is 5.00. The molecule has 0 bridgehead atoms. The lowest BCUT2D eigenvalue weighted by atomic mass is 9.97. The number of hydrogen-bond acceptors (Lipinski definition) is 6. The van der Waals surface area contributed by atoms with Gasteiger partial charge in [-0.2, -0.15) is 0 Å². The number of esters is 1. The van der Waals surface area contributed by atoms with Gasteiger partial charge in [-0.1, -0.05) is 24.3 Å². The average molecular weight is 382 g/mol. The number of carbonyl (C=O) groups is 1. The number of aromatic hydroxyl groups is 1. The van der Waals surface area contributed by atoms with Crippen molar-refractivity contribution in [1.29, 1.82) is 0 Å². The van der Waals surface area contributed by atoms with Crippen molar-refractivity contribution < 1.29 is 19.1 Å². The number of benzene rings is 2. The lowest BCUT2D eigenvalue weighted by Gasteiger charge is -2.32. The number of furan rings is 1. The van der Waals surface area contributed by atoms with Gasteiger partial charge < -0.3 is 19.2 Å². The number of fused-ring (bicyclic) bond motifs is 3. The standard InChI is InChI=1S/C22H26N2O4/c1-4-27-22(26)18-14(2)28-21-16-8-6-5-7-15(16)20(25)17(19(18)21)13-24-11-9-23(3)10-12-24/h5-8,25H,4,9-13H2,1-3H3. The maximum Gasteiger partial charge on any atom is 0.342 e. The summed E-state index contributed by atoms with van der Waals surface area (Å²) in [5, 5.41) is 13.4. The first kappa shape index (κ1) is 18.8. The van der Waals surface area contributed by atoms with Gasteiger partial charge in [-0.05, 0) is 20.9 Å². The molecule has 6 heteroatoms. The highest BCUT2D eigenvalue weighted by atomic mass is 16.5. The van der Waals surface area contributed by atoms with Crippen LogP contribution in [0.1, 0.15) is 28.6 Å². The molecule has 3 aromatic rings. The maximum atomic E-state index is 12.7. The van der Waals surface area contributed by atoms with Crippen molar-refractivity contribution in [2.75, 3.05) is 39.8 Å². The second-order valence-electron chi connectivity index (χ2n) is 7.41. The van der Waals surface area contributed by atoms with E-state index >= 15 is 0 Å². The van der Waals surface area contributed by atoms with Crippen LogP contribution < -0.4 is 0 Å². The Bertz CT molecular complexity index is 1030. The normalized spacial score (nSPS) is 16.1. The molecule has 6 nitrogen and oxygen atoms in total. The predicted octanol–water partition coefficient (Wildman–Crippen LogP) is 3.52. The molecule has 1 aliphatic rings. The van der Waals surface area contributed by atoms with Gasteiger partial charge in [0, 0.05) is 54.4 Å². The summed E-state index contributed by atoms with van der Waals surface area (Å²) in [5.74, 6) is 0.324. The minimum atomic E-state index is -0.409. The maximum absolute atomic E-state index is 12.7. The largest absolute Gasteiger partial charge is 0.507 e. The summed E-state index contributed by atoms with van der Waals surface area (Å²) in [4.78, 5) is 17.3. The van der Waals surface area contributed by atoms with Crippen molar-refractivity contribution in [3.05, 3.63) is 41.2 Å². The van der Waals surface area contributed by atoms with Crippen LogP contribution in [0, 0.1) is 6.92 Å². The minimum Gasteiger partial charge on any atom is -0.507 e. The van der Waals surface area contributed by atoms with Crippen LogP contribution in [0.5, 0.6) is 5.75 Å². The molecule has 28 heavy (non-hydrogen) atoms. The fourth-order valence-electron chi connectivity index (χ4n) is 4.02. The van der Waals surface area contributed by atoms with Crippen LogP contribution in [0.3, 0.4) is 0 Å². The highest BCUT2D eigenvalue weighted by molar-refractivity contribution is 6.16. The molecule has 1 aliphatic heterocycles. The van der Waals surface area contributed by atoms with E-state index in [1.165, 1.54) is 0 Å². The molecule has 0 radical (unpaired) electrons. The van der Waals surface area contributed by atoms with E-state index in [2.05, 4.69) is 16.8 Å². The van der Waals surface area contributed by atoms with Gasteiger partial charge in [0.25, 0.3) is 0 Å². The van der Waals surface area contributed by atoms with Crippen molar-refractivity contribution in [3.8, 4) is 5.75 Å². The zero-order valence-corrected chi connectivity index (χ0v) is 16.6. The van der Waals surface area contributed by atoms with Crippen LogP contribution in [-0.2, 0) is 11.3 Å². The summed E-state index contributed by atoms with van der Waals surface area (Å²) >= 11 is 0. The number of aryl methyl sites for hydroxylation is 1. The predicted molar refractivity (Wildman–Crippen MR) is 109 cm³/mol. The molecular weight excluding hydrogens is 356 g/mol. The molecule has 4 rings (SSSR count). The zero-order valence-electron chi connectivity index (χ0n) is 16.6. The number of phenols is 1. The Hall–Kier alpha value is -2.57. The van der Waals surface area contributed by atoms with Gasteiger partial charge in [-0.15, -0.1) is 0 Å². The topological polar surface area (TPSA) is 66.2 Å². The van der Waals surface area contributed by atoms with E-state index in [4.69, 9.17) is 9.15 Å². The number of phenolic OH excluding ortho intramolecular Hbond substituents is 1. The Morgan fingerprint density at radius 2 is 1.86 bits per heavy atom. The molecule has 0 atom stereocenters. The first-order valence-electron chi connectivity index (χ1n) is 9.75. The molecule has 0 amide bonds. The van der Waals surface area contributed by atoms with E-state index in [1.807, 2.05) is 24.3 Å². The summed E-state index contributed by atoms with van der Waals surface area (Å²) in [6.07, 6.45) is 0. The quantitative estimate of drug-likeness (QED) is 0.697. The number of nitrogens with zero attached hydrogens (tertiary/aromatic N) is 2. The summed E-state index contributed by atoms with van der Waals surface area (Å²) in [7, 11) is 2.11. The second-order valence-corrected chi connectivity index (χ2v) is 7.41. The lowest BCUT2D eigenvalue weighted by Crippen LogP contribution is -2.43. The molecule has 2 heterocycles. The molecule has 0 unspecified atom stereocenters. The van der Waals surface area contributed by atoms with Crippen molar-refractivity contribution >= 4 is 27.7 Å². The number of ether oxygens (including phenoxy) is 1. The molecule has 0 saturated carbocycles. The lowest BCUT2D eigenvalue weighted by molar-refractivity contribution is 0.0526. The fourth-order valence-corrected chi connectivity index (χ4v) is 4.02. The van der Waals surface area contributed by atoms with Gasteiger partial charge in [0.2, 0.25) is 0 Å². The molecule has 2 aromatic carbocycles. The van der Waals surface area contributed by atoms with Gasteiger partial charge in [0.05, 0.1) is 6.61 Å². The third-order valence-corrected chi connectivity index (χ3v) is 5.56. The van der Waals surface area contributed by atoms with Gasteiger partial charge in [0.1, 0.15) is 22.7 Å². The monoisotopic (exact) mass is 382 g/mol. The summed E-state index contributed by atoms with van der Waals surface area (Å²) in [6.45, 7) is 8.20. The smallest absolute Gasteiger partial charge is 0.342 e. The molecule has 1 N–H and O–H groups in total. The van der Waals surface area contributed by atoms with Crippen LogP contribution >= 0.6 is 0 Å².